The van der Waals surface area contributed by atoms with Crippen LogP contribution in [0.2, 0.25) is 0 Å². The Morgan fingerprint density at radius 1 is 1.62 bits per heavy atom. The van der Waals surface area contributed by atoms with Gasteiger partial charge in [0.25, 0.3) is 0 Å². The first kappa shape index (κ1) is 8.65. The lowest BCUT2D eigenvalue weighted by Crippen LogP contribution is -2.08. The summed E-state index contributed by atoms with van der Waals surface area (Å²) in [5, 5.41) is 13.4. The van der Waals surface area contributed by atoms with Crippen molar-refractivity contribution in [3.63, 3.8) is 0 Å². The normalized spacial score (nSPS) is 19.0. The fourth-order valence-electron chi connectivity index (χ4n) is 1.20. The highest BCUT2D eigenvalue weighted by Crippen LogP contribution is 2.26. The van der Waals surface area contributed by atoms with E-state index in [4.69, 9.17) is 4.74 Å². The van der Waals surface area contributed by atoms with E-state index in [-0.39, 0.29) is 0 Å². The summed E-state index contributed by atoms with van der Waals surface area (Å²) in [6, 6.07) is 0. The average molecular weight is 198 g/mol. The molecule has 13 heavy (non-hydrogen) atoms. The van der Waals surface area contributed by atoms with Crippen LogP contribution in [0.5, 0.6) is 0 Å². The van der Waals surface area contributed by atoms with Crippen molar-refractivity contribution in [3.05, 3.63) is 22.9 Å². The lowest BCUT2D eigenvalue weighted by Gasteiger charge is -2.18. The number of hydrogen-bond donors (Lipinski definition) is 1. The van der Waals surface area contributed by atoms with Gasteiger partial charge < -0.3 is 9.84 Å². The van der Waals surface area contributed by atoms with Crippen molar-refractivity contribution in [3.8, 4) is 0 Å². The first-order valence-corrected chi connectivity index (χ1v) is 4.93. The van der Waals surface area contributed by atoms with Crippen LogP contribution in [0.1, 0.15) is 23.8 Å². The molecular weight excluding hydrogens is 188 g/mol. The molecule has 0 amide bonds. The molecule has 1 aromatic heterocycles. The van der Waals surface area contributed by atoms with Gasteiger partial charge in [-0.3, -0.25) is 0 Å². The van der Waals surface area contributed by atoms with E-state index in [0.717, 1.165) is 17.7 Å². The maximum absolute atomic E-state index is 9.77. The summed E-state index contributed by atoms with van der Waals surface area (Å²) in [5.74, 6) is 0.636. The Balaban J connectivity index is 2.12. The predicted octanol–water partition coefficient (Wildman–Crippen LogP) is 1.27. The summed E-state index contributed by atoms with van der Waals surface area (Å²) >= 11 is 1.19. The smallest absolute Gasteiger partial charge is 0.148 e. The van der Waals surface area contributed by atoms with Gasteiger partial charge in [0.1, 0.15) is 11.9 Å². The summed E-state index contributed by atoms with van der Waals surface area (Å²) in [6.45, 7) is 0.690. The summed E-state index contributed by atoms with van der Waals surface area (Å²) in [4.78, 5) is 0.730. The topological polar surface area (TPSA) is 55.2 Å². The lowest BCUT2D eigenvalue weighted by molar-refractivity contribution is 0.0936. The van der Waals surface area contributed by atoms with E-state index >= 15 is 0 Å². The molecule has 2 rings (SSSR count). The van der Waals surface area contributed by atoms with Gasteiger partial charge in [0, 0.05) is 0 Å². The van der Waals surface area contributed by atoms with Crippen LogP contribution in [-0.2, 0) is 4.74 Å². The number of hydrogen-bond acceptors (Lipinski definition) is 5. The third-order valence-electron chi connectivity index (χ3n) is 1.88. The highest BCUT2D eigenvalue weighted by molar-refractivity contribution is 7.05. The second kappa shape index (κ2) is 3.85. The number of rotatable bonds is 2. The zero-order valence-electron chi connectivity index (χ0n) is 7.01. The molecule has 0 aliphatic carbocycles. The molecule has 1 unspecified atom stereocenters. The first-order valence-electron chi connectivity index (χ1n) is 4.16. The zero-order chi connectivity index (χ0) is 9.10. The maximum atomic E-state index is 9.77. The van der Waals surface area contributed by atoms with Gasteiger partial charge in [0.15, 0.2) is 0 Å². The van der Waals surface area contributed by atoms with Crippen molar-refractivity contribution in [1.29, 1.82) is 0 Å². The number of allylic oxidation sites excluding steroid dienone is 1. The van der Waals surface area contributed by atoms with Crippen LogP contribution in [0.15, 0.2) is 18.0 Å². The highest BCUT2D eigenvalue weighted by atomic mass is 32.1. The molecule has 1 aliphatic heterocycles. The molecule has 0 saturated heterocycles. The van der Waals surface area contributed by atoms with E-state index in [0.29, 0.717) is 12.4 Å². The number of aromatic nitrogens is 2. The number of aliphatic hydroxyl groups excluding tert-OH is 1. The molecule has 1 N–H and O–H groups in total. The molecule has 4 nitrogen and oxygen atoms in total. The largest absolute Gasteiger partial charge is 0.495 e. The van der Waals surface area contributed by atoms with E-state index in [1.807, 2.05) is 6.08 Å². The van der Waals surface area contributed by atoms with Crippen molar-refractivity contribution in [2.75, 3.05) is 6.61 Å². The Hall–Kier alpha value is -0.940. The van der Waals surface area contributed by atoms with Crippen molar-refractivity contribution in [2.24, 2.45) is 0 Å². The van der Waals surface area contributed by atoms with Gasteiger partial charge in [0.2, 0.25) is 0 Å². The van der Waals surface area contributed by atoms with Gasteiger partial charge in [-0.1, -0.05) is 4.49 Å². The van der Waals surface area contributed by atoms with Gasteiger partial charge in [-0.25, -0.2) is 0 Å². The number of ether oxygens (including phenoxy) is 1. The minimum atomic E-state index is -0.680. The minimum Gasteiger partial charge on any atom is -0.495 e. The van der Waals surface area contributed by atoms with Crippen LogP contribution in [0.3, 0.4) is 0 Å². The number of aliphatic hydroxyl groups is 1. The second-order valence-electron chi connectivity index (χ2n) is 2.82. The maximum Gasteiger partial charge on any atom is 0.148 e. The monoisotopic (exact) mass is 198 g/mol. The standard InChI is InChI=1S/C8H10N2O2S/c11-8(7-5-9-10-13-7)6-3-1-2-4-12-6/h3,5,8,11H,1-2,4H2. The van der Waals surface area contributed by atoms with E-state index < -0.39 is 6.10 Å². The van der Waals surface area contributed by atoms with Crippen LogP contribution >= 0.6 is 11.5 Å². The third-order valence-corrected chi connectivity index (χ3v) is 2.60. The highest BCUT2D eigenvalue weighted by Gasteiger charge is 2.18. The van der Waals surface area contributed by atoms with E-state index in [1.54, 1.807) is 6.20 Å². The molecular formula is C8H10N2O2S. The van der Waals surface area contributed by atoms with E-state index in [1.165, 1.54) is 11.5 Å². The van der Waals surface area contributed by atoms with E-state index in [9.17, 15) is 5.11 Å². The van der Waals surface area contributed by atoms with Gasteiger partial charge in [-0.05, 0) is 30.5 Å². The summed E-state index contributed by atoms with van der Waals surface area (Å²) in [7, 11) is 0. The average Bonchev–Trinajstić information content (AvgIpc) is 2.71. The Morgan fingerprint density at radius 2 is 2.54 bits per heavy atom. The molecule has 0 saturated carbocycles. The van der Waals surface area contributed by atoms with Gasteiger partial charge in [-0.15, -0.1) is 5.10 Å². The Morgan fingerprint density at radius 3 is 3.15 bits per heavy atom. The van der Waals surface area contributed by atoms with Gasteiger partial charge in [0.05, 0.1) is 17.7 Å². The summed E-state index contributed by atoms with van der Waals surface area (Å²) in [6.07, 6.45) is 4.80. The lowest BCUT2D eigenvalue weighted by atomic mass is 10.2. The fourth-order valence-corrected chi connectivity index (χ4v) is 1.70. The molecule has 1 aliphatic rings. The third kappa shape index (κ3) is 1.87. The summed E-state index contributed by atoms with van der Waals surface area (Å²) in [5.41, 5.74) is 0. The fraction of sp³-hybridized carbons (Fsp3) is 0.500. The molecule has 0 aromatic carbocycles. The Labute approximate surface area is 80.0 Å². The van der Waals surface area contributed by atoms with Gasteiger partial charge >= 0.3 is 0 Å². The molecule has 0 spiro atoms. The molecule has 0 bridgehead atoms. The van der Waals surface area contributed by atoms with Gasteiger partial charge in [-0.2, -0.15) is 0 Å². The molecule has 2 heterocycles. The predicted molar refractivity (Wildman–Crippen MR) is 48.1 cm³/mol. The second-order valence-corrected chi connectivity index (χ2v) is 3.64. The SMILES string of the molecule is OC(C1=CCCCO1)c1cnns1. The zero-order valence-corrected chi connectivity index (χ0v) is 7.83. The molecule has 70 valence electrons. The first-order chi connectivity index (χ1) is 6.38. The van der Waals surface area contributed by atoms with Crippen molar-refractivity contribution in [1.82, 2.24) is 9.59 Å². The molecule has 0 radical (unpaired) electrons. The Kier molecular flexibility index (Phi) is 2.56. The van der Waals surface area contributed by atoms with Crippen LogP contribution in [0, 0.1) is 0 Å². The van der Waals surface area contributed by atoms with Crippen LogP contribution in [0.4, 0.5) is 0 Å². The Bertz CT molecular complexity index is 297. The van der Waals surface area contributed by atoms with Crippen LogP contribution in [-0.4, -0.2) is 21.3 Å². The quantitative estimate of drug-likeness (QED) is 0.777. The summed E-state index contributed by atoms with van der Waals surface area (Å²) < 4.78 is 9.01. The van der Waals surface area contributed by atoms with Crippen molar-refractivity contribution in [2.45, 2.75) is 18.9 Å². The van der Waals surface area contributed by atoms with Crippen LogP contribution in [0.25, 0.3) is 0 Å². The van der Waals surface area contributed by atoms with Crippen LogP contribution < -0.4 is 0 Å². The number of nitrogens with zero attached hydrogens (tertiary/aromatic N) is 2. The molecule has 5 heteroatoms. The van der Waals surface area contributed by atoms with E-state index in [2.05, 4.69) is 9.59 Å². The molecule has 0 fully saturated rings. The van der Waals surface area contributed by atoms with Crippen molar-refractivity contribution < 1.29 is 9.84 Å². The molecule has 1 aromatic rings. The molecule has 1 atom stereocenters. The minimum absolute atomic E-state index is 0.636. The van der Waals surface area contributed by atoms with Crippen molar-refractivity contribution >= 4 is 11.5 Å².